The number of terminal acetylenes is 1. The average Bonchev–Trinajstić information content (AvgIpc) is 1.67. The van der Waals surface area contributed by atoms with Crippen molar-refractivity contribution in [1.82, 2.24) is 0 Å². The Morgan fingerprint density at radius 1 is 1.62 bits per heavy atom. The molecule has 0 heterocycles. The molecule has 8 heavy (non-hydrogen) atoms. The highest BCUT2D eigenvalue weighted by atomic mass is 16.5. The molecule has 0 bridgehead atoms. The first-order valence-corrected chi connectivity index (χ1v) is 2.61. The smallest absolute Gasteiger partial charge is 0.0731 e. The molecule has 0 saturated heterocycles. The summed E-state index contributed by atoms with van der Waals surface area (Å²) in [4.78, 5) is 0. The van der Waals surface area contributed by atoms with Crippen molar-refractivity contribution in [3.63, 3.8) is 0 Å². The SMILES string of the molecule is C#CCC(C)(C)OC. The van der Waals surface area contributed by atoms with Crippen LogP contribution in [0.4, 0.5) is 0 Å². The lowest BCUT2D eigenvalue weighted by atomic mass is 10.1. The molecule has 0 spiro atoms. The Kier molecular flexibility index (Phi) is 2.57. The van der Waals surface area contributed by atoms with Crippen LogP contribution in [0.15, 0.2) is 0 Å². The van der Waals surface area contributed by atoms with Crippen molar-refractivity contribution in [1.29, 1.82) is 0 Å². The lowest BCUT2D eigenvalue weighted by molar-refractivity contribution is 0.0274. The minimum Gasteiger partial charge on any atom is -0.378 e. The van der Waals surface area contributed by atoms with E-state index < -0.39 is 0 Å². The Balaban J connectivity index is 3.58. The summed E-state index contributed by atoms with van der Waals surface area (Å²) >= 11 is 0. The van der Waals surface area contributed by atoms with Gasteiger partial charge in [-0.1, -0.05) is 0 Å². The highest BCUT2D eigenvalue weighted by molar-refractivity contribution is 4.91. The monoisotopic (exact) mass is 112 g/mol. The van der Waals surface area contributed by atoms with Gasteiger partial charge in [-0.15, -0.1) is 12.3 Å². The van der Waals surface area contributed by atoms with Gasteiger partial charge in [0.1, 0.15) is 0 Å². The van der Waals surface area contributed by atoms with Gasteiger partial charge in [0.25, 0.3) is 0 Å². The molecular weight excluding hydrogens is 100 g/mol. The molecule has 0 aliphatic rings. The van der Waals surface area contributed by atoms with Crippen LogP contribution in [0.2, 0.25) is 0 Å². The van der Waals surface area contributed by atoms with Crippen LogP contribution in [0.3, 0.4) is 0 Å². The van der Waals surface area contributed by atoms with E-state index in [0.717, 1.165) is 0 Å². The van der Waals surface area contributed by atoms with Crippen LogP contribution in [-0.4, -0.2) is 12.7 Å². The molecule has 46 valence electrons. The maximum absolute atomic E-state index is 5.06. The lowest BCUT2D eigenvalue weighted by Crippen LogP contribution is -2.20. The first-order chi connectivity index (χ1) is 3.62. The van der Waals surface area contributed by atoms with Gasteiger partial charge in [-0.3, -0.25) is 0 Å². The molecule has 0 radical (unpaired) electrons. The molecule has 0 fully saturated rings. The van der Waals surface area contributed by atoms with Gasteiger partial charge in [-0.05, 0) is 13.8 Å². The van der Waals surface area contributed by atoms with Gasteiger partial charge in [0.2, 0.25) is 0 Å². The number of ether oxygens (including phenoxy) is 1. The van der Waals surface area contributed by atoms with Crippen molar-refractivity contribution >= 4 is 0 Å². The minimum absolute atomic E-state index is 0.144. The summed E-state index contributed by atoms with van der Waals surface area (Å²) < 4.78 is 5.04. The number of hydrogen-bond acceptors (Lipinski definition) is 1. The molecule has 0 rings (SSSR count). The van der Waals surface area contributed by atoms with E-state index in [9.17, 15) is 0 Å². The number of hydrogen-bond donors (Lipinski definition) is 0. The summed E-state index contributed by atoms with van der Waals surface area (Å²) in [5, 5.41) is 0. The molecule has 1 nitrogen and oxygen atoms in total. The van der Waals surface area contributed by atoms with Crippen LogP contribution in [0.5, 0.6) is 0 Å². The molecule has 0 aliphatic heterocycles. The van der Waals surface area contributed by atoms with E-state index in [1.165, 1.54) is 0 Å². The topological polar surface area (TPSA) is 9.23 Å². The zero-order chi connectivity index (χ0) is 6.62. The van der Waals surface area contributed by atoms with Crippen molar-refractivity contribution in [2.24, 2.45) is 0 Å². The van der Waals surface area contributed by atoms with E-state index in [0.29, 0.717) is 6.42 Å². The van der Waals surface area contributed by atoms with Crippen LogP contribution >= 0.6 is 0 Å². The zero-order valence-electron chi connectivity index (χ0n) is 5.69. The number of methoxy groups -OCH3 is 1. The minimum atomic E-state index is -0.144. The normalized spacial score (nSPS) is 10.8. The Bertz CT molecular complexity index is 97.4. The average molecular weight is 112 g/mol. The van der Waals surface area contributed by atoms with E-state index in [1.807, 2.05) is 13.8 Å². The van der Waals surface area contributed by atoms with Crippen molar-refractivity contribution in [2.75, 3.05) is 7.11 Å². The van der Waals surface area contributed by atoms with Crippen molar-refractivity contribution in [3.05, 3.63) is 0 Å². The molecule has 0 unspecified atom stereocenters. The molecule has 0 aromatic heterocycles. The molecule has 0 N–H and O–H groups in total. The largest absolute Gasteiger partial charge is 0.378 e. The van der Waals surface area contributed by atoms with Crippen LogP contribution in [0.1, 0.15) is 20.3 Å². The fourth-order valence-electron chi connectivity index (χ4n) is 0.318. The molecule has 0 amide bonds. The first-order valence-electron chi connectivity index (χ1n) is 2.61. The molecule has 0 aromatic carbocycles. The molecule has 0 atom stereocenters. The highest BCUT2D eigenvalue weighted by Crippen LogP contribution is 2.10. The second kappa shape index (κ2) is 2.74. The summed E-state index contributed by atoms with van der Waals surface area (Å²) in [6.07, 6.45) is 5.73. The Hall–Kier alpha value is -0.480. The summed E-state index contributed by atoms with van der Waals surface area (Å²) in [5.41, 5.74) is -0.144. The Morgan fingerprint density at radius 3 is 2.25 bits per heavy atom. The predicted octanol–water partition coefficient (Wildman–Crippen LogP) is 1.43. The first kappa shape index (κ1) is 7.52. The Labute approximate surface area is 51.0 Å². The third-order valence-corrected chi connectivity index (χ3v) is 1.08. The van der Waals surface area contributed by atoms with Gasteiger partial charge in [0, 0.05) is 13.5 Å². The quantitative estimate of drug-likeness (QED) is 0.491. The van der Waals surface area contributed by atoms with Gasteiger partial charge < -0.3 is 4.74 Å². The molecule has 0 aliphatic carbocycles. The zero-order valence-corrected chi connectivity index (χ0v) is 5.69. The predicted molar refractivity (Wildman–Crippen MR) is 34.5 cm³/mol. The molecular formula is C7H12O. The van der Waals surface area contributed by atoms with Crippen LogP contribution in [0.25, 0.3) is 0 Å². The van der Waals surface area contributed by atoms with Gasteiger partial charge in [0.15, 0.2) is 0 Å². The third-order valence-electron chi connectivity index (χ3n) is 1.08. The van der Waals surface area contributed by atoms with E-state index in [-0.39, 0.29) is 5.60 Å². The summed E-state index contributed by atoms with van der Waals surface area (Å²) in [6, 6.07) is 0. The summed E-state index contributed by atoms with van der Waals surface area (Å²) in [6.45, 7) is 3.93. The lowest BCUT2D eigenvalue weighted by Gasteiger charge is -2.18. The highest BCUT2D eigenvalue weighted by Gasteiger charge is 2.12. The van der Waals surface area contributed by atoms with Crippen molar-refractivity contribution in [3.8, 4) is 12.3 Å². The van der Waals surface area contributed by atoms with Crippen LogP contribution in [0, 0.1) is 12.3 Å². The van der Waals surface area contributed by atoms with Crippen molar-refractivity contribution < 1.29 is 4.74 Å². The second-order valence-corrected chi connectivity index (χ2v) is 2.34. The fraction of sp³-hybridized carbons (Fsp3) is 0.714. The van der Waals surface area contributed by atoms with Gasteiger partial charge in [-0.2, -0.15) is 0 Å². The summed E-state index contributed by atoms with van der Waals surface area (Å²) in [5.74, 6) is 2.53. The molecule has 1 heteroatoms. The third kappa shape index (κ3) is 2.65. The van der Waals surface area contributed by atoms with Crippen LogP contribution < -0.4 is 0 Å². The fourth-order valence-corrected chi connectivity index (χ4v) is 0.318. The summed E-state index contributed by atoms with van der Waals surface area (Å²) in [7, 11) is 1.66. The Morgan fingerprint density at radius 2 is 2.12 bits per heavy atom. The maximum atomic E-state index is 5.06. The van der Waals surface area contributed by atoms with Gasteiger partial charge in [0.05, 0.1) is 5.60 Å². The standard InChI is InChI=1S/C7H12O/c1-5-6-7(2,3)8-4/h1H,6H2,2-4H3. The number of rotatable bonds is 2. The molecule has 0 saturated carbocycles. The van der Waals surface area contributed by atoms with Gasteiger partial charge in [-0.25, -0.2) is 0 Å². The molecule has 0 aromatic rings. The van der Waals surface area contributed by atoms with E-state index in [2.05, 4.69) is 5.92 Å². The van der Waals surface area contributed by atoms with E-state index >= 15 is 0 Å². The van der Waals surface area contributed by atoms with E-state index in [1.54, 1.807) is 7.11 Å². The van der Waals surface area contributed by atoms with Crippen molar-refractivity contribution in [2.45, 2.75) is 25.9 Å². The van der Waals surface area contributed by atoms with Gasteiger partial charge >= 0.3 is 0 Å². The maximum Gasteiger partial charge on any atom is 0.0731 e. The second-order valence-electron chi connectivity index (χ2n) is 2.34. The van der Waals surface area contributed by atoms with E-state index in [4.69, 9.17) is 11.2 Å². The van der Waals surface area contributed by atoms with Crippen LogP contribution in [-0.2, 0) is 4.74 Å².